The van der Waals surface area contributed by atoms with Crippen LogP contribution in [0.15, 0.2) is 65.2 Å². The van der Waals surface area contributed by atoms with E-state index in [-0.39, 0.29) is 29.2 Å². The number of benzene rings is 2. The summed E-state index contributed by atoms with van der Waals surface area (Å²) < 4.78 is 68.1. The number of carbonyl (C=O) groups is 1. The van der Waals surface area contributed by atoms with Crippen molar-refractivity contribution in [1.82, 2.24) is 5.32 Å². The van der Waals surface area contributed by atoms with Crippen molar-refractivity contribution < 1.29 is 35.3 Å². The number of anilines is 1. The minimum atomic E-state index is -4.44. The van der Waals surface area contributed by atoms with Crippen LogP contribution in [0.1, 0.15) is 76.5 Å². The lowest BCUT2D eigenvalue weighted by Gasteiger charge is -2.27. The second kappa shape index (κ2) is 16.1. The molecule has 0 spiro atoms. The van der Waals surface area contributed by atoms with Gasteiger partial charge in [0.25, 0.3) is 20.2 Å². The summed E-state index contributed by atoms with van der Waals surface area (Å²) in [6, 6.07) is 10.7. The molecule has 2 aromatic rings. The number of hydrogen-bond donors (Lipinski definition) is 4. The molecule has 5 N–H and O–H groups in total. The highest BCUT2D eigenvalue weighted by atomic mass is 32.2. The lowest BCUT2D eigenvalue weighted by molar-refractivity contribution is -0.401. The molecule has 0 unspecified atom stereocenters. The van der Waals surface area contributed by atoms with Crippen molar-refractivity contribution in [2.45, 2.75) is 82.1 Å². The molecule has 0 saturated heterocycles. The molecule has 2 aliphatic rings. The van der Waals surface area contributed by atoms with Gasteiger partial charge in [-0.05, 0) is 86.9 Å². The summed E-state index contributed by atoms with van der Waals surface area (Å²) in [6.45, 7) is 9.64. The van der Waals surface area contributed by atoms with Gasteiger partial charge in [0.2, 0.25) is 11.6 Å². The van der Waals surface area contributed by atoms with Crippen LogP contribution in [-0.2, 0) is 42.4 Å². The zero-order chi connectivity index (χ0) is 36.9. The smallest absolute Gasteiger partial charge is 0.294 e. The fourth-order valence-electron chi connectivity index (χ4n) is 6.80. The third-order valence-corrected chi connectivity index (χ3v) is 12.2. The predicted molar refractivity (Wildman–Crippen MR) is 202 cm³/mol. The third-order valence-electron chi connectivity index (χ3n) is 9.52. The molecule has 0 saturated carbocycles. The van der Waals surface area contributed by atoms with E-state index in [0.717, 1.165) is 66.2 Å². The van der Waals surface area contributed by atoms with Crippen LogP contribution in [0.25, 0.3) is 0 Å². The number of rotatable bonds is 17. The van der Waals surface area contributed by atoms with Gasteiger partial charge in [-0.1, -0.05) is 38.8 Å². The standard InChI is InChI=1S/C36H50N4O7S3/c1-35(2)28-22-26(24-38-34(41)25-48-20-9-7-6-8-18-37)14-16-30(28)39(5)32(35)12-10-13-33-36(3,4)29-23-27(50(45,46)47)15-17-31(29)40(33)19-11-21-49(42,43)44/h10,12-17,22-23H,6-9,11,18-21,24-25,37H2,1-5H3,(H2-,38,41,42,43,44,45,46,47)/p+1. The molecule has 2 heterocycles. The molecule has 50 heavy (non-hydrogen) atoms. The van der Waals surface area contributed by atoms with Gasteiger partial charge in [-0.25, -0.2) is 0 Å². The van der Waals surface area contributed by atoms with E-state index in [1.807, 2.05) is 50.1 Å². The van der Waals surface area contributed by atoms with Gasteiger partial charge in [-0.2, -0.15) is 33.2 Å². The van der Waals surface area contributed by atoms with Gasteiger partial charge < -0.3 is 16.0 Å². The average Bonchev–Trinajstić information content (AvgIpc) is 3.36. The normalized spacial score (nSPS) is 17.5. The molecule has 2 aliphatic heterocycles. The van der Waals surface area contributed by atoms with Crippen molar-refractivity contribution >= 4 is 55.0 Å². The van der Waals surface area contributed by atoms with Crippen molar-refractivity contribution in [2.75, 3.05) is 42.3 Å². The largest absolute Gasteiger partial charge is 0.351 e. The van der Waals surface area contributed by atoms with Crippen LogP contribution in [0.4, 0.5) is 11.4 Å². The first-order chi connectivity index (χ1) is 23.4. The quantitative estimate of drug-likeness (QED) is 0.0944. The zero-order valence-corrected chi connectivity index (χ0v) is 32.1. The molecule has 0 bridgehead atoms. The maximum absolute atomic E-state index is 12.5. The number of nitrogens with two attached hydrogens (primary N) is 1. The minimum Gasteiger partial charge on any atom is -0.351 e. The fraction of sp³-hybridized carbons (Fsp3) is 0.500. The Kier molecular flexibility index (Phi) is 12.8. The van der Waals surface area contributed by atoms with E-state index >= 15 is 0 Å². The Balaban J connectivity index is 1.51. The minimum absolute atomic E-state index is 0.0234. The molecule has 1 amide bonds. The van der Waals surface area contributed by atoms with Gasteiger partial charge in [0.15, 0.2) is 5.71 Å². The Morgan fingerprint density at radius 3 is 2.36 bits per heavy atom. The number of amides is 1. The molecule has 274 valence electrons. The SMILES string of the molecule is C[N+]1=C(C=CC=C2N(CCCS(=O)(=O)O)c3ccc(S(=O)(=O)O)cc3C2(C)C)C(C)(C)c2cc(CNC(=O)CSCCCCCCN)ccc21. The van der Waals surface area contributed by atoms with Crippen molar-refractivity contribution in [2.24, 2.45) is 5.73 Å². The lowest BCUT2D eigenvalue weighted by Crippen LogP contribution is -2.28. The maximum atomic E-state index is 12.5. The summed E-state index contributed by atoms with van der Waals surface area (Å²) in [5, 5.41) is 3.05. The highest BCUT2D eigenvalue weighted by molar-refractivity contribution is 7.99. The zero-order valence-electron chi connectivity index (χ0n) is 29.6. The van der Waals surface area contributed by atoms with Crippen LogP contribution in [0.3, 0.4) is 0 Å². The number of thioether (sulfide) groups is 1. The summed E-state index contributed by atoms with van der Waals surface area (Å²) in [4.78, 5) is 14.2. The Morgan fingerprint density at radius 1 is 0.960 bits per heavy atom. The van der Waals surface area contributed by atoms with Crippen LogP contribution in [-0.4, -0.2) is 79.5 Å². The van der Waals surface area contributed by atoms with Crippen molar-refractivity contribution in [3.05, 3.63) is 77.0 Å². The average molecular weight is 748 g/mol. The summed E-state index contributed by atoms with van der Waals surface area (Å²) in [7, 11) is -6.58. The topological polar surface area (TPSA) is 170 Å². The van der Waals surface area contributed by atoms with Crippen LogP contribution in [0.2, 0.25) is 0 Å². The van der Waals surface area contributed by atoms with Crippen molar-refractivity contribution in [1.29, 1.82) is 0 Å². The van der Waals surface area contributed by atoms with Gasteiger partial charge in [0.1, 0.15) is 7.05 Å². The number of nitrogens with one attached hydrogen (secondary N) is 1. The number of unbranched alkanes of at least 4 members (excludes halogenated alkanes) is 3. The molecule has 0 atom stereocenters. The monoisotopic (exact) mass is 747 g/mol. The van der Waals surface area contributed by atoms with Crippen molar-refractivity contribution in [3.63, 3.8) is 0 Å². The number of allylic oxidation sites excluding steroid dienone is 4. The number of fused-ring (bicyclic) bond motifs is 2. The second-order valence-corrected chi connectivity index (χ2v) is 18.0. The number of nitrogens with zero attached hydrogens (tertiary/aromatic N) is 2. The summed E-state index contributed by atoms with van der Waals surface area (Å²) in [6.07, 6.45) is 10.5. The van der Waals surface area contributed by atoms with E-state index in [1.165, 1.54) is 12.1 Å². The van der Waals surface area contributed by atoms with Gasteiger partial charge in [-0.3, -0.25) is 13.9 Å². The molecule has 4 rings (SSSR count). The first kappa shape index (κ1) is 39.8. The van der Waals surface area contributed by atoms with E-state index in [0.29, 0.717) is 23.5 Å². The molecule has 11 nitrogen and oxygen atoms in total. The van der Waals surface area contributed by atoms with E-state index in [9.17, 15) is 30.7 Å². The van der Waals surface area contributed by atoms with E-state index in [2.05, 4.69) is 35.9 Å². The predicted octanol–water partition coefficient (Wildman–Crippen LogP) is 5.32. The van der Waals surface area contributed by atoms with Crippen LogP contribution in [0.5, 0.6) is 0 Å². The third kappa shape index (κ3) is 9.45. The molecule has 2 aromatic carbocycles. The number of hydrogen-bond acceptors (Lipinski definition) is 8. The molecule has 0 aromatic heterocycles. The van der Waals surface area contributed by atoms with Crippen LogP contribution in [0, 0.1) is 0 Å². The molecule has 14 heteroatoms. The lowest BCUT2D eigenvalue weighted by atomic mass is 9.80. The molecular weight excluding hydrogens is 697 g/mol. The van der Waals surface area contributed by atoms with Gasteiger partial charge in [0, 0.05) is 47.6 Å². The summed E-state index contributed by atoms with van der Waals surface area (Å²) in [5.74, 6) is 1.01. The van der Waals surface area contributed by atoms with Gasteiger partial charge >= 0.3 is 0 Å². The summed E-state index contributed by atoms with van der Waals surface area (Å²) in [5.41, 5.74) is 11.0. The Bertz CT molecular complexity index is 1900. The Labute approximate surface area is 301 Å². The highest BCUT2D eigenvalue weighted by Crippen LogP contribution is 2.48. The first-order valence-corrected chi connectivity index (χ1v) is 21.1. The Morgan fingerprint density at radius 2 is 1.68 bits per heavy atom. The second-order valence-electron chi connectivity index (χ2n) is 13.9. The highest BCUT2D eigenvalue weighted by Gasteiger charge is 2.43. The maximum Gasteiger partial charge on any atom is 0.294 e. The molecular formula is C36H51N4O7S3+. The van der Waals surface area contributed by atoms with Crippen LogP contribution < -0.4 is 16.0 Å². The molecule has 0 aliphatic carbocycles. The first-order valence-electron chi connectivity index (χ1n) is 16.9. The van der Waals surface area contributed by atoms with E-state index < -0.39 is 31.4 Å². The van der Waals surface area contributed by atoms with Crippen molar-refractivity contribution in [3.8, 4) is 0 Å². The van der Waals surface area contributed by atoms with E-state index in [1.54, 1.807) is 17.8 Å². The number of carbonyl (C=O) groups excluding carboxylic acids is 1. The van der Waals surface area contributed by atoms with Crippen LogP contribution >= 0.6 is 11.8 Å². The van der Waals surface area contributed by atoms with Gasteiger partial charge in [-0.15, -0.1) is 0 Å². The molecule has 0 fully saturated rings. The molecule has 0 radical (unpaired) electrons. The van der Waals surface area contributed by atoms with E-state index in [4.69, 9.17) is 5.73 Å². The summed E-state index contributed by atoms with van der Waals surface area (Å²) >= 11 is 1.66. The van der Waals surface area contributed by atoms with Gasteiger partial charge in [0.05, 0.1) is 21.8 Å². The Hall–Kier alpha value is -3.01. The fourth-order valence-corrected chi connectivity index (χ4v) is 8.64.